The van der Waals surface area contributed by atoms with Gasteiger partial charge >= 0.3 is 0 Å². The van der Waals surface area contributed by atoms with E-state index in [0.29, 0.717) is 5.02 Å². The normalized spacial score (nSPS) is 16.6. The first kappa shape index (κ1) is 12.5. The number of hydrogen-bond donors (Lipinski definition) is 1. The van der Waals surface area contributed by atoms with Gasteiger partial charge in [-0.1, -0.05) is 48.0 Å². The quantitative estimate of drug-likeness (QED) is 0.909. The Labute approximate surface area is 118 Å². The molecule has 0 aromatic heterocycles. The van der Waals surface area contributed by atoms with E-state index in [0.717, 1.165) is 29.9 Å². The van der Waals surface area contributed by atoms with Crippen molar-refractivity contribution in [3.63, 3.8) is 0 Å². The highest BCUT2D eigenvalue weighted by Crippen LogP contribution is 2.40. The molecule has 0 saturated carbocycles. The third-order valence-electron chi connectivity index (χ3n) is 3.71. The Bertz CT molecular complexity index is 622. The molecule has 98 valence electrons. The Morgan fingerprint density at radius 2 is 1.84 bits per heavy atom. The summed E-state index contributed by atoms with van der Waals surface area (Å²) < 4.78 is 5.75. The fourth-order valence-electron chi connectivity index (χ4n) is 2.65. The molecule has 0 radical (unpaired) electrons. The van der Waals surface area contributed by atoms with Crippen LogP contribution in [0.2, 0.25) is 5.02 Å². The Morgan fingerprint density at radius 1 is 1.11 bits per heavy atom. The predicted molar refractivity (Wildman–Crippen MR) is 77.7 cm³/mol. The van der Waals surface area contributed by atoms with Crippen LogP contribution in [0.5, 0.6) is 5.75 Å². The Balaban J connectivity index is 2.16. The van der Waals surface area contributed by atoms with E-state index in [9.17, 15) is 0 Å². The Kier molecular flexibility index (Phi) is 3.00. The van der Waals surface area contributed by atoms with Crippen LogP contribution in [0.3, 0.4) is 0 Å². The van der Waals surface area contributed by atoms with Crippen molar-refractivity contribution < 1.29 is 4.74 Å². The molecule has 1 unspecified atom stereocenters. The minimum Gasteiger partial charge on any atom is -0.493 e. The maximum atomic E-state index is 6.57. The van der Waals surface area contributed by atoms with Gasteiger partial charge < -0.3 is 10.5 Å². The minimum absolute atomic E-state index is 0.659. The first-order valence-electron chi connectivity index (χ1n) is 6.40. The van der Waals surface area contributed by atoms with Crippen LogP contribution in [0, 0.1) is 0 Å². The zero-order valence-electron chi connectivity index (χ0n) is 10.8. The summed E-state index contributed by atoms with van der Waals surface area (Å²) >= 11 is 6.29. The van der Waals surface area contributed by atoms with Gasteiger partial charge in [0.2, 0.25) is 0 Å². The number of rotatable bonds is 2. The summed E-state index contributed by atoms with van der Waals surface area (Å²) in [5.41, 5.74) is 9.05. The fourth-order valence-corrected chi connectivity index (χ4v) is 2.98. The van der Waals surface area contributed by atoms with Gasteiger partial charge in [-0.2, -0.15) is 0 Å². The molecule has 1 aliphatic rings. The van der Waals surface area contributed by atoms with E-state index >= 15 is 0 Å². The van der Waals surface area contributed by atoms with Crippen LogP contribution in [-0.2, 0) is 12.0 Å². The third-order valence-corrected chi connectivity index (χ3v) is 4.04. The molecular weight excluding hydrogens is 258 g/mol. The van der Waals surface area contributed by atoms with Gasteiger partial charge in [0.25, 0.3) is 0 Å². The van der Waals surface area contributed by atoms with Crippen molar-refractivity contribution in [3.05, 3.63) is 64.2 Å². The zero-order valence-corrected chi connectivity index (χ0v) is 11.6. The Morgan fingerprint density at radius 3 is 2.63 bits per heavy atom. The molecule has 1 aliphatic heterocycles. The van der Waals surface area contributed by atoms with Gasteiger partial charge in [-0.25, -0.2) is 0 Å². The molecule has 3 rings (SSSR count). The predicted octanol–water partition coefficient (Wildman–Crippen LogP) is 3.50. The first-order valence-corrected chi connectivity index (χ1v) is 6.77. The number of benzene rings is 2. The van der Waals surface area contributed by atoms with Crippen LogP contribution < -0.4 is 10.5 Å². The van der Waals surface area contributed by atoms with Crippen molar-refractivity contribution in [2.45, 2.75) is 18.9 Å². The standard InChI is InChI=1S/C16H16ClNO/c1-16(18,12-6-2-3-8-14(12)17)13-7-4-5-11-9-10-19-15(11)13/h2-8H,9-10,18H2,1H3. The van der Waals surface area contributed by atoms with Crippen molar-refractivity contribution in [2.24, 2.45) is 5.73 Å². The highest BCUT2D eigenvalue weighted by Gasteiger charge is 2.31. The van der Waals surface area contributed by atoms with Gasteiger partial charge in [-0.05, 0) is 24.1 Å². The van der Waals surface area contributed by atoms with E-state index in [1.807, 2.05) is 43.3 Å². The van der Waals surface area contributed by atoms with E-state index in [1.54, 1.807) is 0 Å². The molecule has 1 atom stereocenters. The third kappa shape index (κ3) is 2.01. The van der Waals surface area contributed by atoms with Crippen molar-refractivity contribution in [1.82, 2.24) is 0 Å². The van der Waals surface area contributed by atoms with Gasteiger partial charge in [0, 0.05) is 17.0 Å². The van der Waals surface area contributed by atoms with Crippen molar-refractivity contribution in [3.8, 4) is 5.75 Å². The molecule has 0 saturated heterocycles. The van der Waals surface area contributed by atoms with Crippen LogP contribution in [0.4, 0.5) is 0 Å². The maximum Gasteiger partial charge on any atom is 0.128 e. The summed E-state index contributed by atoms with van der Waals surface area (Å²) in [5.74, 6) is 0.924. The highest BCUT2D eigenvalue weighted by atomic mass is 35.5. The highest BCUT2D eigenvalue weighted by molar-refractivity contribution is 6.31. The second-order valence-corrected chi connectivity index (χ2v) is 5.48. The van der Waals surface area contributed by atoms with Crippen LogP contribution in [0.15, 0.2) is 42.5 Å². The van der Waals surface area contributed by atoms with Gasteiger partial charge in [0.05, 0.1) is 12.1 Å². The lowest BCUT2D eigenvalue weighted by molar-refractivity contribution is 0.347. The average Bonchev–Trinajstić information content (AvgIpc) is 2.86. The van der Waals surface area contributed by atoms with Crippen molar-refractivity contribution in [2.75, 3.05) is 6.61 Å². The van der Waals surface area contributed by atoms with Gasteiger partial charge in [0.15, 0.2) is 0 Å². The molecule has 2 nitrogen and oxygen atoms in total. The summed E-state index contributed by atoms with van der Waals surface area (Å²) in [6.07, 6.45) is 0.946. The molecule has 0 aliphatic carbocycles. The maximum absolute atomic E-state index is 6.57. The molecule has 0 fully saturated rings. The SMILES string of the molecule is CC(N)(c1ccccc1Cl)c1cccc2c1OCC2. The molecular formula is C16H16ClNO. The Hall–Kier alpha value is -1.51. The van der Waals surface area contributed by atoms with Crippen LogP contribution in [0.25, 0.3) is 0 Å². The number of hydrogen-bond acceptors (Lipinski definition) is 2. The molecule has 2 N–H and O–H groups in total. The summed E-state index contributed by atoms with van der Waals surface area (Å²) in [5, 5.41) is 0.683. The smallest absolute Gasteiger partial charge is 0.128 e. The number of nitrogens with two attached hydrogens (primary N) is 1. The lowest BCUT2D eigenvalue weighted by atomic mass is 9.84. The average molecular weight is 274 g/mol. The molecule has 19 heavy (non-hydrogen) atoms. The lowest BCUT2D eigenvalue weighted by Gasteiger charge is -2.28. The summed E-state index contributed by atoms with van der Waals surface area (Å²) in [6, 6.07) is 13.8. The fraction of sp³-hybridized carbons (Fsp3) is 0.250. The number of ether oxygens (including phenoxy) is 1. The van der Waals surface area contributed by atoms with E-state index in [4.69, 9.17) is 22.1 Å². The van der Waals surface area contributed by atoms with E-state index < -0.39 is 5.54 Å². The van der Waals surface area contributed by atoms with E-state index in [2.05, 4.69) is 6.07 Å². The number of halogens is 1. The van der Waals surface area contributed by atoms with E-state index in [-0.39, 0.29) is 0 Å². The van der Waals surface area contributed by atoms with Crippen LogP contribution >= 0.6 is 11.6 Å². The number of para-hydroxylation sites is 1. The molecule has 1 heterocycles. The molecule has 0 bridgehead atoms. The van der Waals surface area contributed by atoms with Crippen molar-refractivity contribution >= 4 is 11.6 Å². The van der Waals surface area contributed by atoms with Crippen LogP contribution in [-0.4, -0.2) is 6.61 Å². The van der Waals surface area contributed by atoms with Crippen molar-refractivity contribution in [1.29, 1.82) is 0 Å². The summed E-state index contributed by atoms with van der Waals surface area (Å²) in [7, 11) is 0. The lowest BCUT2D eigenvalue weighted by Crippen LogP contribution is -2.35. The van der Waals surface area contributed by atoms with Gasteiger partial charge in [0.1, 0.15) is 5.75 Å². The molecule has 2 aromatic rings. The van der Waals surface area contributed by atoms with Gasteiger partial charge in [-0.15, -0.1) is 0 Å². The van der Waals surface area contributed by atoms with Gasteiger partial charge in [-0.3, -0.25) is 0 Å². The summed E-state index contributed by atoms with van der Waals surface area (Å²) in [4.78, 5) is 0. The monoisotopic (exact) mass is 273 g/mol. The largest absolute Gasteiger partial charge is 0.493 e. The topological polar surface area (TPSA) is 35.2 Å². The zero-order chi connectivity index (χ0) is 13.5. The molecule has 2 aromatic carbocycles. The second-order valence-electron chi connectivity index (χ2n) is 5.07. The summed E-state index contributed by atoms with van der Waals surface area (Å²) in [6.45, 7) is 2.70. The van der Waals surface area contributed by atoms with Crippen LogP contribution in [0.1, 0.15) is 23.6 Å². The molecule has 3 heteroatoms. The number of fused-ring (bicyclic) bond motifs is 1. The second kappa shape index (κ2) is 4.55. The van der Waals surface area contributed by atoms with E-state index in [1.165, 1.54) is 5.56 Å². The molecule has 0 spiro atoms. The minimum atomic E-state index is -0.659. The first-order chi connectivity index (χ1) is 9.10. The molecule has 0 amide bonds.